The molecule has 212 valence electrons. The van der Waals surface area contributed by atoms with Gasteiger partial charge in [0, 0.05) is 35.5 Å². The predicted octanol–water partition coefficient (Wildman–Crippen LogP) is 7.24. The lowest BCUT2D eigenvalue weighted by Crippen LogP contribution is -2.22. The molecule has 1 aromatic carbocycles. The van der Waals surface area contributed by atoms with E-state index in [0.29, 0.717) is 18.7 Å². The zero-order valence-electron chi connectivity index (χ0n) is 24.2. The minimum atomic E-state index is -0.365. The largest absolute Gasteiger partial charge is 0.461 e. The van der Waals surface area contributed by atoms with Gasteiger partial charge in [-0.1, -0.05) is 51.0 Å². The van der Waals surface area contributed by atoms with E-state index in [-0.39, 0.29) is 5.97 Å². The summed E-state index contributed by atoms with van der Waals surface area (Å²) < 4.78 is 5.37. The van der Waals surface area contributed by atoms with Crippen LogP contribution in [0.25, 0.3) is 39.0 Å². The average Bonchev–Trinajstić information content (AvgIpc) is 3.51. The standard InChI is InChI=1S/C32H37N5O2.C2H2/c1-4-6-8-10-23(3)30-31(37-22-36-30)24-11-13-28-26(18-24)19-27(21-35-28)29-14-12-25(20-34-29)32(38)39-17-16-33-15-9-7-5-2;1-2/h6,8,10-14,18-22,33H,4-5,7,9,15-17H2,1-3H3,(H,36,37);1-2H/b8-6-,23-10+;. The summed E-state index contributed by atoms with van der Waals surface area (Å²) in [5.41, 5.74) is 6.97. The van der Waals surface area contributed by atoms with Crippen LogP contribution in [-0.4, -0.2) is 45.6 Å². The van der Waals surface area contributed by atoms with Crippen LogP contribution in [-0.2, 0) is 4.74 Å². The first-order chi connectivity index (χ1) is 20.1. The highest BCUT2D eigenvalue weighted by atomic mass is 16.5. The van der Waals surface area contributed by atoms with Gasteiger partial charge in [0.1, 0.15) is 6.61 Å². The van der Waals surface area contributed by atoms with E-state index in [2.05, 4.69) is 95.3 Å². The fraction of sp³-hybridized carbons (Fsp3) is 0.294. The summed E-state index contributed by atoms with van der Waals surface area (Å²) in [5.74, 6) is -0.365. The predicted molar refractivity (Wildman–Crippen MR) is 168 cm³/mol. The van der Waals surface area contributed by atoms with Crippen molar-refractivity contribution in [3.8, 4) is 35.4 Å². The molecule has 41 heavy (non-hydrogen) atoms. The van der Waals surface area contributed by atoms with E-state index in [9.17, 15) is 4.79 Å². The van der Waals surface area contributed by atoms with Gasteiger partial charge in [0.25, 0.3) is 0 Å². The lowest BCUT2D eigenvalue weighted by atomic mass is 10.0. The van der Waals surface area contributed by atoms with Crippen molar-refractivity contribution in [1.82, 2.24) is 25.3 Å². The molecule has 3 heterocycles. The summed E-state index contributed by atoms with van der Waals surface area (Å²) in [6, 6.07) is 11.8. The lowest BCUT2D eigenvalue weighted by Gasteiger charge is -2.08. The highest BCUT2D eigenvalue weighted by Gasteiger charge is 2.12. The molecule has 0 amide bonds. The van der Waals surface area contributed by atoms with Crippen molar-refractivity contribution in [3.63, 3.8) is 0 Å². The summed E-state index contributed by atoms with van der Waals surface area (Å²) in [7, 11) is 0. The first kappa shape index (κ1) is 31.0. The SMILES string of the molecule is C#C.CC/C=C\C=C(/C)c1nc[nH]c1-c1ccc2ncc(-c3ccc(C(=O)OCCNCCCCC)cn3)cc2c1. The number of fused-ring (bicyclic) bond motifs is 1. The highest BCUT2D eigenvalue weighted by molar-refractivity contribution is 5.90. The van der Waals surface area contributed by atoms with Gasteiger partial charge < -0.3 is 15.0 Å². The molecule has 0 radical (unpaired) electrons. The first-order valence-electron chi connectivity index (χ1n) is 14.1. The maximum absolute atomic E-state index is 12.4. The highest BCUT2D eigenvalue weighted by Crippen LogP contribution is 2.29. The second-order valence-electron chi connectivity index (χ2n) is 9.47. The Morgan fingerprint density at radius 1 is 1.00 bits per heavy atom. The summed E-state index contributed by atoms with van der Waals surface area (Å²) in [4.78, 5) is 29.4. The van der Waals surface area contributed by atoms with Gasteiger partial charge >= 0.3 is 5.97 Å². The number of hydrogen-bond acceptors (Lipinski definition) is 6. The second kappa shape index (κ2) is 16.5. The maximum Gasteiger partial charge on any atom is 0.339 e. The van der Waals surface area contributed by atoms with E-state index in [4.69, 9.17) is 4.74 Å². The number of unbranched alkanes of at least 4 members (excludes halogenated alkanes) is 2. The van der Waals surface area contributed by atoms with Crippen LogP contribution in [0.1, 0.15) is 62.5 Å². The number of ether oxygens (including phenoxy) is 1. The van der Waals surface area contributed by atoms with Gasteiger partial charge in [-0.3, -0.25) is 9.97 Å². The topological polar surface area (TPSA) is 92.8 Å². The Labute approximate surface area is 243 Å². The fourth-order valence-corrected chi connectivity index (χ4v) is 4.28. The van der Waals surface area contributed by atoms with Gasteiger partial charge in [-0.15, -0.1) is 12.8 Å². The number of imidazole rings is 1. The van der Waals surface area contributed by atoms with E-state index in [1.165, 1.54) is 12.8 Å². The Hall–Kier alpha value is -4.54. The molecular formula is C34H39N5O2. The smallest absolute Gasteiger partial charge is 0.339 e. The molecule has 0 atom stereocenters. The van der Waals surface area contributed by atoms with Crippen LogP contribution < -0.4 is 5.32 Å². The normalized spacial score (nSPS) is 11.4. The molecule has 0 fully saturated rings. The third-order valence-corrected chi connectivity index (χ3v) is 6.46. The Morgan fingerprint density at radius 2 is 1.83 bits per heavy atom. The molecule has 0 saturated heterocycles. The molecule has 3 aromatic heterocycles. The number of carbonyl (C=O) groups excluding carboxylic acids is 1. The van der Waals surface area contributed by atoms with Gasteiger partial charge in [0.2, 0.25) is 0 Å². The third kappa shape index (κ3) is 8.72. The van der Waals surface area contributed by atoms with Crippen molar-refractivity contribution in [2.24, 2.45) is 0 Å². The number of hydrogen-bond donors (Lipinski definition) is 2. The van der Waals surface area contributed by atoms with Crippen LogP contribution in [0.2, 0.25) is 0 Å². The Balaban J connectivity index is 0.00000226. The number of terminal acetylenes is 1. The Bertz CT molecular complexity index is 1480. The van der Waals surface area contributed by atoms with Gasteiger partial charge in [-0.25, -0.2) is 9.78 Å². The number of nitrogens with one attached hydrogen (secondary N) is 2. The Kier molecular flexibility index (Phi) is 12.5. The number of benzene rings is 1. The molecule has 0 bridgehead atoms. The molecule has 0 unspecified atom stereocenters. The van der Waals surface area contributed by atoms with Gasteiger partial charge in [0.15, 0.2) is 0 Å². The molecule has 0 aliphatic rings. The quantitative estimate of drug-likeness (QED) is 0.0790. The number of aromatic nitrogens is 4. The number of allylic oxidation sites excluding steroid dienone is 4. The molecule has 4 rings (SSSR count). The summed E-state index contributed by atoms with van der Waals surface area (Å²) in [6.45, 7) is 8.30. The van der Waals surface area contributed by atoms with Crippen molar-refractivity contribution < 1.29 is 9.53 Å². The second-order valence-corrected chi connectivity index (χ2v) is 9.47. The van der Waals surface area contributed by atoms with Crippen molar-refractivity contribution in [2.45, 2.75) is 46.5 Å². The molecule has 0 saturated carbocycles. The summed E-state index contributed by atoms with van der Waals surface area (Å²) in [5, 5.41) is 4.29. The summed E-state index contributed by atoms with van der Waals surface area (Å²) in [6.07, 6.45) is 23.9. The minimum absolute atomic E-state index is 0.340. The minimum Gasteiger partial charge on any atom is -0.461 e. The van der Waals surface area contributed by atoms with E-state index in [1.807, 2.05) is 12.1 Å². The molecule has 0 aliphatic carbocycles. The van der Waals surface area contributed by atoms with Gasteiger partial charge in [0.05, 0.1) is 34.5 Å². The number of aromatic amines is 1. The maximum atomic E-state index is 12.4. The monoisotopic (exact) mass is 549 g/mol. The number of nitrogens with zero attached hydrogens (tertiary/aromatic N) is 3. The van der Waals surface area contributed by atoms with Crippen molar-refractivity contribution in [3.05, 3.63) is 84.6 Å². The molecular weight excluding hydrogens is 510 g/mol. The van der Waals surface area contributed by atoms with E-state index in [1.54, 1.807) is 24.8 Å². The van der Waals surface area contributed by atoms with E-state index < -0.39 is 0 Å². The lowest BCUT2D eigenvalue weighted by molar-refractivity contribution is 0.0508. The zero-order chi connectivity index (χ0) is 29.5. The van der Waals surface area contributed by atoms with Gasteiger partial charge in [-0.05, 0) is 62.2 Å². The molecule has 4 aromatic rings. The van der Waals surface area contributed by atoms with Crippen molar-refractivity contribution in [2.75, 3.05) is 19.7 Å². The number of H-pyrrole nitrogens is 1. The van der Waals surface area contributed by atoms with E-state index in [0.717, 1.165) is 64.1 Å². The molecule has 7 nitrogen and oxygen atoms in total. The number of carbonyl (C=O) groups is 1. The molecule has 0 spiro atoms. The van der Waals surface area contributed by atoms with Crippen LogP contribution >= 0.6 is 0 Å². The van der Waals surface area contributed by atoms with Crippen LogP contribution in [0.5, 0.6) is 0 Å². The number of pyridine rings is 2. The first-order valence-corrected chi connectivity index (χ1v) is 14.1. The van der Waals surface area contributed by atoms with Crippen LogP contribution in [0, 0.1) is 12.8 Å². The van der Waals surface area contributed by atoms with Crippen LogP contribution in [0.15, 0.2) is 73.3 Å². The third-order valence-electron chi connectivity index (χ3n) is 6.46. The number of esters is 1. The average molecular weight is 550 g/mol. The van der Waals surface area contributed by atoms with Crippen molar-refractivity contribution >= 4 is 22.4 Å². The van der Waals surface area contributed by atoms with Crippen LogP contribution in [0.4, 0.5) is 0 Å². The van der Waals surface area contributed by atoms with E-state index >= 15 is 0 Å². The molecule has 0 aliphatic heterocycles. The summed E-state index contributed by atoms with van der Waals surface area (Å²) >= 11 is 0. The van der Waals surface area contributed by atoms with Gasteiger partial charge in [-0.2, -0.15) is 0 Å². The zero-order valence-corrected chi connectivity index (χ0v) is 24.2. The van der Waals surface area contributed by atoms with Crippen LogP contribution in [0.3, 0.4) is 0 Å². The Morgan fingerprint density at radius 3 is 2.59 bits per heavy atom. The fourth-order valence-electron chi connectivity index (χ4n) is 4.28. The molecule has 2 N–H and O–H groups in total. The number of rotatable bonds is 13. The van der Waals surface area contributed by atoms with Crippen molar-refractivity contribution in [1.29, 1.82) is 0 Å². The molecule has 7 heteroatoms.